The van der Waals surface area contributed by atoms with E-state index in [0.29, 0.717) is 31.7 Å². The smallest absolute Gasteiger partial charge is 0.311 e. The molecule has 1 N–H and O–H groups in total. The molecule has 1 amide bonds. The van der Waals surface area contributed by atoms with Crippen molar-refractivity contribution >= 4 is 11.9 Å². The lowest BCUT2D eigenvalue weighted by Gasteiger charge is -2.40. The van der Waals surface area contributed by atoms with Crippen LogP contribution in [0.3, 0.4) is 0 Å². The number of fused-ring (bicyclic) bond motifs is 2. The Morgan fingerprint density at radius 3 is 2.67 bits per heavy atom. The van der Waals surface area contributed by atoms with Crippen molar-refractivity contribution < 1.29 is 14.7 Å². The highest BCUT2D eigenvalue weighted by molar-refractivity contribution is 5.80. The predicted molar refractivity (Wildman–Crippen MR) is 79.7 cm³/mol. The van der Waals surface area contributed by atoms with Gasteiger partial charge in [0.05, 0.1) is 5.41 Å². The number of carboxylic acid groups (broad SMARTS) is 1. The summed E-state index contributed by atoms with van der Waals surface area (Å²) >= 11 is 0. The number of carbonyl (C=O) groups excluding carboxylic acids is 1. The zero-order valence-corrected chi connectivity index (χ0v) is 13.0. The molecule has 4 atom stereocenters. The van der Waals surface area contributed by atoms with Gasteiger partial charge in [0.2, 0.25) is 5.91 Å². The van der Waals surface area contributed by atoms with Crippen molar-refractivity contribution in [3.05, 3.63) is 0 Å². The Morgan fingerprint density at radius 1 is 1.29 bits per heavy atom. The van der Waals surface area contributed by atoms with Crippen molar-refractivity contribution in [3.8, 4) is 0 Å². The van der Waals surface area contributed by atoms with E-state index in [0.717, 1.165) is 24.8 Å². The Bertz CT molecular complexity index is 436. The number of nitrogens with zero attached hydrogens (tertiary/aromatic N) is 1. The van der Waals surface area contributed by atoms with Crippen LogP contribution in [0, 0.1) is 23.2 Å². The van der Waals surface area contributed by atoms with Crippen LogP contribution in [0.4, 0.5) is 0 Å². The lowest BCUT2D eigenvalue weighted by atomic mass is 9.77. The van der Waals surface area contributed by atoms with Gasteiger partial charge in [-0.05, 0) is 56.3 Å². The van der Waals surface area contributed by atoms with Gasteiger partial charge < -0.3 is 10.0 Å². The summed E-state index contributed by atoms with van der Waals surface area (Å²) in [6, 6.07) is 0. The average molecular weight is 293 g/mol. The van der Waals surface area contributed by atoms with Gasteiger partial charge in [-0.15, -0.1) is 0 Å². The van der Waals surface area contributed by atoms with Crippen LogP contribution in [-0.2, 0) is 9.59 Å². The van der Waals surface area contributed by atoms with Gasteiger partial charge >= 0.3 is 5.97 Å². The largest absolute Gasteiger partial charge is 0.481 e. The third-order valence-electron chi connectivity index (χ3n) is 6.38. The molecule has 21 heavy (non-hydrogen) atoms. The van der Waals surface area contributed by atoms with Crippen molar-refractivity contribution in [1.82, 2.24) is 4.90 Å². The molecule has 0 aromatic rings. The number of rotatable bonds is 4. The molecule has 0 spiro atoms. The van der Waals surface area contributed by atoms with Crippen LogP contribution in [0.1, 0.15) is 58.3 Å². The molecular formula is C17H27NO3. The maximum atomic E-state index is 12.6. The topological polar surface area (TPSA) is 57.6 Å². The van der Waals surface area contributed by atoms with Crippen LogP contribution in [0.5, 0.6) is 0 Å². The van der Waals surface area contributed by atoms with Crippen LogP contribution < -0.4 is 0 Å². The zero-order chi connectivity index (χ0) is 15.0. The second kappa shape index (κ2) is 5.62. The Morgan fingerprint density at radius 2 is 2.10 bits per heavy atom. The first-order valence-corrected chi connectivity index (χ1v) is 8.55. The summed E-state index contributed by atoms with van der Waals surface area (Å²) in [4.78, 5) is 26.0. The summed E-state index contributed by atoms with van der Waals surface area (Å²) < 4.78 is 0. The van der Waals surface area contributed by atoms with E-state index in [1.807, 2.05) is 11.8 Å². The minimum Gasteiger partial charge on any atom is -0.481 e. The number of carboxylic acids is 1. The number of amides is 1. The normalized spacial score (nSPS) is 38.7. The first-order valence-electron chi connectivity index (χ1n) is 8.55. The average Bonchev–Trinajstić information content (AvgIpc) is 3.09. The molecule has 2 saturated carbocycles. The monoisotopic (exact) mass is 293 g/mol. The summed E-state index contributed by atoms with van der Waals surface area (Å²) in [7, 11) is 0. The summed E-state index contributed by atoms with van der Waals surface area (Å²) in [5, 5.41) is 9.52. The number of piperidine rings is 1. The molecule has 1 aliphatic heterocycles. The van der Waals surface area contributed by atoms with Crippen LogP contribution in [0.25, 0.3) is 0 Å². The van der Waals surface area contributed by atoms with Crippen LogP contribution >= 0.6 is 0 Å². The quantitative estimate of drug-likeness (QED) is 0.867. The van der Waals surface area contributed by atoms with E-state index < -0.39 is 11.4 Å². The second-order valence-corrected chi connectivity index (χ2v) is 7.50. The third kappa shape index (κ3) is 2.69. The van der Waals surface area contributed by atoms with Crippen LogP contribution in [0.15, 0.2) is 0 Å². The Hall–Kier alpha value is -1.06. The second-order valence-electron chi connectivity index (χ2n) is 7.50. The van der Waals surface area contributed by atoms with Crippen LogP contribution in [0.2, 0.25) is 0 Å². The number of likely N-dealkylation sites (tertiary alicyclic amines) is 1. The molecule has 2 aliphatic carbocycles. The van der Waals surface area contributed by atoms with E-state index in [1.54, 1.807) is 0 Å². The van der Waals surface area contributed by atoms with E-state index in [1.165, 1.54) is 25.7 Å². The molecule has 0 radical (unpaired) electrons. The van der Waals surface area contributed by atoms with Crippen molar-refractivity contribution in [3.63, 3.8) is 0 Å². The maximum absolute atomic E-state index is 12.6. The molecule has 1 saturated heterocycles. The SMILES string of the molecule is CCC1(C(=O)O)CCCN(C(=O)CC2CC3CCC2C3)C1. The highest BCUT2D eigenvalue weighted by Crippen LogP contribution is 2.49. The third-order valence-corrected chi connectivity index (χ3v) is 6.38. The van der Waals surface area contributed by atoms with Gasteiger partial charge in [0.25, 0.3) is 0 Å². The molecule has 2 bridgehead atoms. The standard InChI is InChI=1S/C17H27NO3/c1-2-17(16(20)21)6-3-7-18(11-17)15(19)10-14-9-12-4-5-13(14)8-12/h12-14H,2-11H2,1H3,(H,20,21). The van der Waals surface area contributed by atoms with Gasteiger partial charge in [0.1, 0.15) is 0 Å². The highest BCUT2D eigenvalue weighted by Gasteiger charge is 2.44. The molecule has 1 heterocycles. The highest BCUT2D eigenvalue weighted by atomic mass is 16.4. The molecule has 3 rings (SSSR count). The predicted octanol–water partition coefficient (Wildman–Crippen LogP) is 2.92. The Balaban J connectivity index is 1.61. The molecule has 118 valence electrons. The summed E-state index contributed by atoms with van der Waals surface area (Å²) in [6.07, 6.45) is 8.00. The summed E-state index contributed by atoms with van der Waals surface area (Å²) in [5.74, 6) is 1.66. The molecule has 4 heteroatoms. The maximum Gasteiger partial charge on any atom is 0.311 e. The fraction of sp³-hybridized carbons (Fsp3) is 0.882. The first kappa shape index (κ1) is 14.9. The van der Waals surface area contributed by atoms with Gasteiger partial charge in [-0.2, -0.15) is 0 Å². The fourth-order valence-corrected chi connectivity index (χ4v) is 4.94. The van der Waals surface area contributed by atoms with Crippen LogP contribution in [-0.4, -0.2) is 35.0 Å². The lowest BCUT2D eigenvalue weighted by molar-refractivity contribution is -0.155. The number of aliphatic carboxylic acids is 1. The fourth-order valence-electron chi connectivity index (χ4n) is 4.94. The lowest BCUT2D eigenvalue weighted by Crippen LogP contribution is -2.50. The minimum absolute atomic E-state index is 0.200. The molecular weight excluding hydrogens is 266 g/mol. The van der Waals surface area contributed by atoms with E-state index >= 15 is 0 Å². The van der Waals surface area contributed by atoms with Crippen molar-refractivity contribution in [2.45, 2.75) is 58.3 Å². The molecule has 4 nitrogen and oxygen atoms in total. The molecule has 3 fully saturated rings. The Labute approximate surface area is 126 Å². The zero-order valence-electron chi connectivity index (χ0n) is 13.0. The molecule has 0 aromatic heterocycles. The van der Waals surface area contributed by atoms with E-state index in [2.05, 4.69) is 0 Å². The van der Waals surface area contributed by atoms with Crippen molar-refractivity contribution in [1.29, 1.82) is 0 Å². The van der Waals surface area contributed by atoms with E-state index in [9.17, 15) is 14.7 Å². The summed E-state index contributed by atoms with van der Waals surface area (Å²) in [6.45, 7) is 3.09. The minimum atomic E-state index is -0.734. The van der Waals surface area contributed by atoms with Gasteiger partial charge in [-0.3, -0.25) is 9.59 Å². The molecule has 4 unspecified atom stereocenters. The number of hydrogen-bond acceptors (Lipinski definition) is 2. The van der Waals surface area contributed by atoms with Gasteiger partial charge in [0.15, 0.2) is 0 Å². The molecule has 0 aromatic carbocycles. The van der Waals surface area contributed by atoms with E-state index in [4.69, 9.17) is 0 Å². The summed E-state index contributed by atoms with van der Waals surface area (Å²) in [5.41, 5.74) is -0.706. The Kier molecular flexibility index (Phi) is 3.98. The van der Waals surface area contributed by atoms with Crippen molar-refractivity contribution in [2.75, 3.05) is 13.1 Å². The first-order chi connectivity index (χ1) is 10.0. The van der Waals surface area contributed by atoms with Gasteiger partial charge in [0, 0.05) is 19.5 Å². The molecule has 3 aliphatic rings. The van der Waals surface area contributed by atoms with Gasteiger partial charge in [-0.1, -0.05) is 13.3 Å². The van der Waals surface area contributed by atoms with E-state index in [-0.39, 0.29) is 5.91 Å². The van der Waals surface area contributed by atoms with Crippen molar-refractivity contribution in [2.24, 2.45) is 23.2 Å². The number of hydrogen-bond donors (Lipinski definition) is 1. The van der Waals surface area contributed by atoms with Gasteiger partial charge in [-0.25, -0.2) is 0 Å². The number of carbonyl (C=O) groups is 2.